The molecule has 0 aromatic carbocycles. The molecule has 0 aromatic heterocycles. The number of fused-ring (bicyclic) bond motifs is 7. The van der Waals surface area contributed by atoms with Gasteiger partial charge in [0, 0.05) is 5.41 Å². The van der Waals surface area contributed by atoms with Crippen molar-refractivity contribution >= 4 is 5.97 Å². The Morgan fingerprint density at radius 3 is 1.97 bits per heavy atom. The second-order valence-corrected chi connectivity index (χ2v) is 25.9. The zero-order valence-electron chi connectivity index (χ0n) is 44.4. The van der Waals surface area contributed by atoms with Gasteiger partial charge in [-0.05, 0) is 104 Å². The monoisotopic (exact) mass is 1070 g/mol. The Morgan fingerprint density at radius 1 is 0.653 bits per heavy atom. The van der Waals surface area contributed by atoms with E-state index in [4.69, 9.17) is 37.9 Å². The van der Waals surface area contributed by atoms with Crippen molar-refractivity contribution in [1.82, 2.24) is 0 Å². The lowest BCUT2D eigenvalue weighted by Crippen LogP contribution is -2.69. The smallest absolute Gasteiger partial charge is 0.315 e. The molecule has 28 atom stereocenters. The lowest BCUT2D eigenvalue weighted by Gasteiger charge is -2.72. The molecule has 4 saturated heterocycles. The molecule has 8 fully saturated rings. The van der Waals surface area contributed by atoms with E-state index >= 15 is 4.79 Å². The highest BCUT2D eigenvalue weighted by Crippen LogP contribution is 2.76. The molecule has 4 aliphatic heterocycles. The quantitative estimate of drug-likeness (QED) is 0.0680. The van der Waals surface area contributed by atoms with Gasteiger partial charge in [-0.25, -0.2) is 0 Å². The second-order valence-electron chi connectivity index (χ2n) is 25.9. The van der Waals surface area contributed by atoms with Crippen LogP contribution in [-0.2, 0) is 42.7 Å². The predicted molar refractivity (Wildman–Crippen MR) is 257 cm³/mol. The van der Waals surface area contributed by atoms with E-state index in [1.165, 1.54) is 6.92 Å². The molecule has 5 aliphatic carbocycles. The number of aliphatic hydroxyl groups is 13. The highest BCUT2D eigenvalue weighted by Gasteiger charge is 2.72. The lowest BCUT2D eigenvalue weighted by molar-refractivity contribution is -0.361. The maximum absolute atomic E-state index is 15.1. The molecule has 0 bridgehead atoms. The Balaban J connectivity index is 0.903. The first-order chi connectivity index (χ1) is 35.0. The summed E-state index contributed by atoms with van der Waals surface area (Å²) in [6.07, 6.45) is -23.4. The van der Waals surface area contributed by atoms with Crippen molar-refractivity contribution in [2.45, 2.75) is 242 Å². The Morgan fingerprint density at radius 2 is 1.28 bits per heavy atom. The van der Waals surface area contributed by atoms with Crippen LogP contribution in [-0.4, -0.2) is 221 Å². The van der Waals surface area contributed by atoms with E-state index in [0.29, 0.717) is 51.4 Å². The molecule has 430 valence electrons. The highest BCUT2D eigenvalue weighted by atomic mass is 16.8. The van der Waals surface area contributed by atoms with Gasteiger partial charge in [0.2, 0.25) is 6.29 Å². The van der Waals surface area contributed by atoms with Crippen molar-refractivity contribution in [3.05, 3.63) is 11.6 Å². The summed E-state index contributed by atoms with van der Waals surface area (Å²) in [7, 11) is 0. The topological polar surface area (TPSA) is 354 Å². The molecule has 0 aromatic rings. The van der Waals surface area contributed by atoms with Crippen LogP contribution in [0.1, 0.15) is 113 Å². The normalized spacial score (nSPS) is 54.5. The van der Waals surface area contributed by atoms with E-state index < -0.39 is 164 Å². The summed E-state index contributed by atoms with van der Waals surface area (Å²) < 4.78 is 46.9. The number of allylic oxidation sites excluding steroid dienone is 2. The molecule has 22 nitrogen and oxygen atoms in total. The van der Waals surface area contributed by atoms with Gasteiger partial charge in [0.1, 0.15) is 85.5 Å². The Bertz CT molecular complexity index is 2080. The third-order valence-electron chi connectivity index (χ3n) is 21.1. The Hall–Kier alpha value is -1.59. The van der Waals surface area contributed by atoms with Crippen molar-refractivity contribution in [3.63, 3.8) is 0 Å². The molecular formula is C53H86O22. The van der Waals surface area contributed by atoms with Crippen LogP contribution >= 0.6 is 0 Å². The van der Waals surface area contributed by atoms with Crippen molar-refractivity contribution in [2.24, 2.45) is 50.2 Å². The third kappa shape index (κ3) is 9.40. The summed E-state index contributed by atoms with van der Waals surface area (Å²) in [6, 6.07) is 0. The van der Waals surface area contributed by atoms with Crippen molar-refractivity contribution < 1.29 is 109 Å². The molecule has 22 heteroatoms. The first kappa shape index (κ1) is 58.1. The molecule has 0 spiro atoms. The first-order valence-electron chi connectivity index (χ1n) is 27.2. The van der Waals surface area contributed by atoms with Crippen molar-refractivity contribution in [3.8, 4) is 0 Å². The van der Waals surface area contributed by atoms with Gasteiger partial charge < -0.3 is 104 Å². The first-order valence-corrected chi connectivity index (χ1v) is 27.2. The number of hydrogen-bond donors (Lipinski definition) is 13. The van der Waals surface area contributed by atoms with E-state index in [9.17, 15) is 66.4 Å². The van der Waals surface area contributed by atoms with Crippen LogP contribution in [0, 0.1) is 50.2 Å². The van der Waals surface area contributed by atoms with Crippen LogP contribution in [0.15, 0.2) is 11.6 Å². The number of ether oxygens (including phenoxy) is 8. The third-order valence-corrected chi connectivity index (χ3v) is 21.1. The summed E-state index contributed by atoms with van der Waals surface area (Å²) in [4.78, 5) is 15.1. The van der Waals surface area contributed by atoms with E-state index in [2.05, 4.69) is 54.5 Å². The summed E-state index contributed by atoms with van der Waals surface area (Å²) in [5, 5.41) is 141. The maximum Gasteiger partial charge on any atom is 0.315 e. The Kier molecular flexibility index (Phi) is 16.1. The maximum atomic E-state index is 15.1. The van der Waals surface area contributed by atoms with Gasteiger partial charge >= 0.3 is 5.97 Å². The number of aliphatic hydroxyl groups excluding tert-OH is 13. The summed E-state index contributed by atoms with van der Waals surface area (Å²) in [5.74, 6) is -0.936. The Labute approximate surface area is 437 Å². The van der Waals surface area contributed by atoms with Gasteiger partial charge in [-0.15, -0.1) is 0 Å². The molecule has 9 aliphatic rings. The van der Waals surface area contributed by atoms with E-state index in [1.807, 2.05) is 0 Å². The number of carbonyl (C=O) groups excluding carboxylic acids is 1. The molecule has 0 amide bonds. The number of esters is 1. The van der Waals surface area contributed by atoms with Crippen LogP contribution in [0.3, 0.4) is 0 Å². The lowest BCUT2D eigenvalue weighted by atomic mass is 9.33. The molecule has 4 saturated carbocycles. The van der Waals surface area contributed by atoms with Gasteiger partial charge in [0.25, 0.3) is 0 Å². The van der Waals surface area contributed by atoms with Gasteiger partial charge in [-0.1, -0.05) is 60.1 Å². The van der Waals surface area contributed by atoms with Crippen molar-refractivity contribution in [2.75, 3.05) is 19.8 Å². The minimum atomic E-state index is -1.89. The zero-order chi connectivity index (χ0) is 54.9. The molecule has 9 rings (SSSR count). The van der Waals surface area contributed by atoms with E-state index in [1.54, 1.807) is 0 Å². The van der Waals surface area contributed by atoms with Crippen LogP contribution in [0.25, 0.3) is 0 Å². The fourth-order valence-electron chi connectivity index (χ4n) is 16.0. The standard InChI is InChI=1S/C53H86O22/c1-22-32(57)35(60)39(64)45(70-22)74-42-26(19-54)71-43(41(66)37(42)62)69-21-27-34(59)36(61)40(65)46(72-27)75-47(67)53-15-13-48(2,3)18-24(53)23-9-10-28-50(6)12-11-31(73-44-38(63)33(58)25(55)20-68-44)49(4,5)29(50)17-30(56)52(28,8)51(23,7)14-16-53/h9,22,24-46,54-66H,10-21H2,1-8H3. The fourth-order valence-corrected chi connectivity index (χ4v) is 16.0. The SMILES string of the molecule is CC1OC(OC2C(CO)OC(OCC3OC(OC(=O)C45CCC(C)(C)CC4C4=CCC6C7(C)CCC(OC8OCC(O)C(O)C8O)C(C)(C)C7CC(O)C6(C)C4(C)CC5)C(O)C(O)C3O)C(O)C2O)C(O)C(O)C1O. The van der Waals surface area contributed by atoms with Crippen molar-refractivity contribution in [1.29, 1.82) is 0 Å². The summed E-state index contributed by atoms with van der Waals surface area (Å²) in [5.41, 5.74) is -2.10. The van der Waals surface area contributed by atoms with Gasteiger partial charge in [-0.3, -0.25) is 4.79 Å². The average molecular weight is 1080 g/mol. The number of carbonyl (C=O) groups is 1. The van der Waals surface area contributed by atoms with Crippen LogP contribution < -0.4 is 0 Å². The largest absolute Gasteiger partial charge is 0.432 e. The average Bonchev–Trinajstić information content (AvgIpc) is 3.36. The van der Waals surface area contributed by atoms with E-state index in [-0.39, 0.29) is 41.3 Å². The number of hydrogen-bond acceptors (Lipinski definition) is 22. The van der Waals surface area contributed by atoms with E-state index in [0.717, 1.165) is 12.0 Å². The molecule has 0 radical (unpaired) electrons. The summed E-state index contributed by atoms with van der Waals surface area (Å²) >= 11 is 0. The molecule has 28 unspecified atom stereocenters. The van der Waals surface area contributed by atoms with Crippen LogP contribution in [0.4, 0.5) is 0 Å². The summed E-state index contributed by atoms with van der Waals surface area (Å²) in [6.45, 7) is 15.2. The van der Waals surface area contributed by atoms with Gasteiger partial charge in [0.05, 0.1) is 43.5 Å². The van der Waals surface area contributed by atoms with Gasteiger partial charge in [-0.2, -0.15) is 0 Å². The molecular weight excluding hydrogens is 989 g/mol. The molecule has 13 N–H and O–H groups in total. The van der Waals surface area contributed by atoms with Gasteiger partial charge in [0.15, 0.2) is 18.9 Å². The minimum absolute atomic E-state index is 0.00515. The van der Waals surface area contributed by atoms with Crippen LogP contribution in [0.5, 0.6) is 0 Å². The zero-order valence-corrected chi connectivity index (χ0v) is 44.4. The van der Waals surface area contributed by atoms with Crippen LogP contribution in [0.2, 0.25) is 0 Å². The highest BCUT2D eigenvalue weighted by molar-refractivity contribution is 5.79. The fraction of sp³-hybridized carbons (Fsp3) is 0.943. The minimum Gasteiger partial charge on any atom is -0.432 e. The second kappa shape index (κ2) is 20.7. The molecule has 4 heterocycles. The predicted octanol–water partition coefficient (Wildman–Crippen LogP) is -1.40. The molecule has 75 heavy (non-hydrogen) atoms. The number of rotatable bonds is 10.